The van der Waals surface area contributed by atoms with Gasteiger partial charge < -0.3 is 15.6 Å². The highest BCUT2D eigenvalue weighted by atomic mass is 15.3. The number of aromatic amines is 1. The van der Waals surface area contributed by atoms with Crippen LogP contribution in [0.1, 0.15) is 22.6 Å². The topological polar surface area (TPSA) is 95.8 Å². The number of nitrogens with zero attached hydrogens (tertiary/aromatic N) is 5. The van der Waals surface area contributed by atoms with Gasteiger partial charge in [-0.25, -0.2) is 14.5 Å². The molecule has 4 aromatic heterocycles. The van der Waals surface area contributed by atoms with Gasteiger partial charge in [-0.05, 0) is 67.4 Å². The van der Waals surface area contributed by atoms with E-state index in [0.717, 1.165) is 65.0 Å². The van der Waals surface area contributed by atoms with Crippen molar-refractivity contribution in [1.82, 2.24) is 34.9 Å². The van der Waals surface area contributed by atoms with Crippen LogP contribution in [-0.2, 0) is 19.5 Å². The van der Waals surface area contributed by atoms with E-state index in [2.05, 4.69) is 43.9 Å². The molecule has 0 aliphatic carbocycles. The third kappa shape index (κ3) is 3.85. The molecule has 0 amide bonds. The third-order valence-electron chi connectivity index (χ3n) is 6.00. The van der Waals surface area contributed by atoms with Crippen LogP contribution < -0.4 is 10.6 Å². The summed E-state index contributed by atoms with van der Waals surface area (Å²) in [5.41, 5.74) is 9.19. The molecule has 0 spiro atoms. The van der Waals surface area contributed by atoms with E-state index >= 15 is 0 Å². The van der Waals surface area contributed by atoms with Crippen molar-refractivity contribution in [3.05, 3.63) is 83.7 Å². The molecule has 5 aromatic rings. The minimum Gasteiger partial charge on any atom is -0.378 e. The highest BCUT2D eigenvalue weighted by Crippen LogP contribution is 2.30. The van der Waals surface area contributed by atoms with Crippen LogP contribution in [0.25, 0.3) is 28.3 Å². The lowest BCUT2D eigenvalue weighted by atomic mass is 10.0. The number of anilines is 1. The van der Waals surface area contributed by atoms with Crippen LogP contribution in [0.3, 0.4) is 0 Å². The zero-order valence-electron chi connectivity index (χ0n) is 18.3. The number of hydrogen-bond acceptors (Lipinski definition) is 6. The van der Waals surface area contributed by atoms with Crippen molar-refractivity contribution in [2.45, 2.75) is 26.4 Å². The number of benzene rings is 1. The maximum absolute atomic E-state index is 4.93. The van der Waals surface area contributed by atoms with Gasteiger partial charge in [-0.15, -0.1) is 0 Å². The molecular weight excluding hydrogens is 412 g/mol. The highest BCUT2D eigenvalue weighted by Gasteiger charge is 2.17. The van der Waals surface area contributed by atoms with Gasteiger partial charge in [0, 0.05) is 29.7 Å². The molecule has 3 N–H and O–H groups in total. The van der Waals surface area contributed by atoms with Crippen molar-refractivity contribution in [2.75, 3.05) is 11.9 Å². The van der Waals surface area contributed by atoms with Crippen molar-refractivity contribution in [1.29, 1.82) is 0 Å². The normalized spacial score (nSPS) is 13.2. The van der Waals surface area contributed by atoms with Crippen LogP contribution in [0, 0.1) is 6.92 Å². The summed E-state index contributed by atoms with van der Waals surface area (Å²) in [5.74, 6) is 0.845. The van der Waals surface area contributed by atoms with Gasteiger partial charge in [0.2, 0.25) is 0 Å². The second-order valence-electron chi connectivity index (χ2n) is 8.32. The van der Waals surface area contributed by atoms with Crippen molar-refractivity contribution in [3.8, 4) is 22.6 Å². The molecule has 1 aliphatic rings. The fourth-order valence-electron chi connectivity index (χ4n) is 4.32. The van der Waals surface area contributed by atoms with E-state index in [0.29, 0.717) is 6.54 Å². The van der Waals surface area contributed by atoms with Crippen molar-refractivity contribution < 1.29 is 0 Å². The summed E-state index contributed by atoms with van der Waals surface area (Å²) in [4.78, 5) is 17.4. The fraction of sp³-hybridized carbons (Fsp3) is 0.200. The first-order chi connectivity index (χ1) is 16.2. The first kappa shape index (κ1) is 19.6. The molecular formula is C25H24N8. The van der Waals surface area contributed by atoms with Crippen LogP contribution in [0.4, 0.5) is 5.69 Å². The van der Waals surface area contributed by atoms with Gasteiger partial charge in [0.25, 0.3) is 0 Å². The Bertz CT molecular complexity index is 1450. The quantitative estimate of drug-likeness (QED) is 0.388. The third-order valence-corrected chi connectivity index (χ3v) is 6.00. The lowest BCUT2D eigenvalue weighted by Gasteiger charge is -2.18. The van der Waals surface area contributed by atoms with E-state index in [9.17, 15) is 0 Å². The van der Waals surface area contributed by atoms with E-state index in [1.807, 2.05) is 43.5 Å². The number of aromatic nitrogens is 6. The van der Waals surface area contributed by atoms with E-state index in [1.165, 1.54) is 11.1 Å². The van der Waals surface area contributed by atoms with Crippen LogP contribution in [-0.4, -0.2) is 36.1 Å². The molecule has 0 unspecified atom stereocenters. The summed E-state index contributed by atoms with van der Waals surface area (Å²) in [6.07, 6.45) is 4.60. The van der Waals surface area contributed by atoms with E-state index in [-0.39, 0.29) is 0 Å². The Morgan fingerprint density at radius 2 is 2.03 bits per heavy atom. The van der Waals surface area contributed by atoms with Crippen LogP contribution in [0.2, 0.25) is 0 Å². The van der Waals surface area contributed by atoms with Crippen LogP contribution in [0.5, 0.6) is 0 Å². The van der Waals surface area contributed by atoms with Crippen molar-refractivity contribution in [2.24, 2.45) is 0 Å². The number of imidazole rings is 1. The first-order valence-electron chi connectivity index (χ1n) is 11.1. The average molecular weight is 437 g/mol. The van der Waals surface area contributed by atoms with E-state index < -0.39 is 0 Å². The Labute approximate surface area is 191 Å². The molecule has 5 heterocycles. The van der Waals surface area contributed by atoms with Gasteiger partial charge in [-0.1, -0.05) is 12.1 Å². The summed E-state index contributed by atoms with van der Waals surface area (Å²) in [7, 11) is 0. The molecule has 164 valence electrons. The highest BCUT2D eigenvalue weighted by molar-refractivity contribution is 5.77. The molecule has 1 aliphatic heterocycles. The molecule has 0 bridgehead atoms. The molecule has 6 rings (SSSR count). The van der Waals surface area contributed by atoms with Crippen LogP contribution >= 0.6 is 0 Å². The standard InChI is InChI=1S/C25H24N8/c1-16-3-2-4-21(30-16)25-24(18-6-8-23-28-15-29-33(23)14-18)31-22(32-25)13-27-20-7-5-17-9-10-26-12-19(17)11-20/h2-8,11,14-15,26-27H,9-10,12-13H2,1H3,(H,31,32). The maximum Gasteiger partial charge on any atom is 0.155 e. The van der Waals surface area contributed by atoms with Gasteiger partial charge in [0.05, 0.1) is 17.9 Å². The van der Waals surface area contributed by atoms with Gasteiger partial charge in [-0.3, -0.25) is 4.98 Å². The van der Waals surface area contributed by atoms with Gasteiger partial charge in [-0.2, -0.15) is 5.10 Å². The first-order valence-corrected chi connectivity index (χ1v) is 11.1. The molecule has 1 aromatic carbocycles. The lowest BCUT2D eigenvalue weighted by molar-refractivity contribution is 0.644. The Hall–Kier alpha value is -4.04. The van der Waals surface area contributed by atoms with Gasteiger partial charge in [0.1, 0.15) is 17.8 Å². The number of H-pyrrole nitrogens is 1. The number of nitrogens with one attached hydrogen (secondary N) is 3. The molecule has 8 nitrogen and oxygen atoms in total. The zero-order chi connectivity index (χ0) is 22.2. The van der Waals surface area contributed by atoms with E-state index in [4.69, 9.17) is 9.97 Å². The predicted molar refractivity (Wildman–Crippen MR) is 128 cm³/mol. The second-order valence-corrected chi connectivity index (χ2v) is 8.32. The summed E-state index contributed by atoms with van der Waals surface area (Å²) < 4.78 is 1.77. The SMILES string of the molecule is Cc1cccc(-c2nc(CNc3ccc4c(c3)CNCC4)[nH]c2-c2ccc3ncnn3c2)n1. The summed E-state index contributed by atoms with van der Waals surface area (Å²) >= 11 is 0. The monoisotopic (exact) mass is 436 g/mol. The molecule has 0 radical (unpaired) electrons. The average Bonchev–Trinajstić information content (AvgIpc) is 3.49. The van der Waals surface area contributed by atoms with Crippen molar-refractivity contribution in [3.63, 3.8) is 0 Å². The Balaban J connectivity index is 1.34. The largest absolute Gasteiger partial charge is 0.378 e. The second kappa shape index (κ2) is 8.14. The van der Waals surface area contributed by atoms with Crippen LogP contribution in [0.15, 0.2) is 61.1 Å². The van der Waals surface area contributed by atoms with Crippen molar-refractivity contribution >= 4 is 11.3 Å². The summed E-state index contributed by atoms with van der Waals surface area (Å²) in [5, 5.41) is 11.2. The summed E-state index contributed by atoms with van der Waals surface area (Å²) in [6.45, 7) is 4.54. The molecule has 0 atom stereocenters. The molecule has 33 heavy (non-hydrogen) atoms. The number of rotatable bonds is 5. The van der Waals surface area contributed by atoms with E-state index in [1.54, 1.807) is 10.8 Å². The fourth-order valence-corrected chi connectivity index (χ4v) is 4.32. The molecule has 8 heteroatoms. The number of aryl methyl sites for hydroxylation is 1. The summed E-state index contributed by atoms with van der Waals surface area (Å²) in [6, 6.07) is 16.6. The minimum absolute atomic E-state index is 0.580. The Morgan fingerprint density at radius 1 is 1.06 bits per heavy atom. The predicted octanol–water partition coefficient (Wildman–Crippen LogP) is 3.75. The lowest BCUT2D eigenvalue weighted by Crippen LogP contribution is -2.23. The number of pyridine rings is 2. The van der Waals surface area contributed by atoms with Gasteiger partial charge >= 0.3 is 0 Å². The number of hydrogen-bond donors (Lipinski definition) is 3. The Kier molecular flexibility index (Phi) is 4.84. The molecule has 0 saturated carbocycles. The maximum atomic E-state index is 4.93. The number of fused-ring (bicyclic) bond motifs is 2. The van der Waals surface area contributed by atoms with Gasteiger partial charge in [0.15, 0.2) is 5.65 Å². The minimum atomic E-state index is 0.580. The molecule has 0 saturated heterocycles. The smallest absolute Gasteiger partial charge is 0.155 e. The zero-order valence-corrected chi connectivity index (χ0v) is 18.3. The molecule has 0 fully saturated rings. The Morgan fingerprint density at radius 3 is 2.97 bits per heavy atom.